The van der Waals surface area contributed by atoms with E-state index in [4.69, 9.17) is 9.52 Å². The number of hydrogen-bond donors (Lipinski definition) is 0. The van der Waals surface area contributed by atoms with Gasteiger partial charge in [0.05, 0.1) is 23.7 Å². The molecule has 2 fully saturated rings. The van der Waals surface area contributed by atoms with Crippen LogP contribution in [0.2, 0.25) is 0 Å². The van der Waals surface area contributed by atoms with Gasteiger partial charge in [-0.15, -0.1) is 0 Å². The molecule has 4 heteroatoms. The maximum Gasteiger partial charge on any atom is 0.120 e. The van der Waals surface area contributed by atoms with Crippen molar-refractivity contribution in [2.75, 3.05) is 6.54 Å². The first kappa shape index (κ1) is 14.1. The van der Waals surface area contributed by atoms with Crippen LogP contribution in [-0.4, -0.2) is 21.2 Å². The third kappa shape index (κ3) is 2.72. The molecule has 118 valence electrons. The molecule has 0 unspecified atom stereocenters. The first-order valence-electron chi connectivity index (χ1n) is 8.51. The van der Waals surface area contributed by atoms with E-state index in [1.807, 2.05) is 6.07 Å². The summed E-state index contributed by atoms with van der Waals surface area (Å²) in [7, 11) is 2.08. The molecule has 2 aromatic rings. The van der Waals surface area contributed by atoms with Gasteiger partial charge in [-0.1, -0.05) is 6.92 Å². The van der Waals surface area contributed by atoms with Gasteiger partial charge in [-0.05, 0) is 56.3 Å². The van der Waals surface area contributed by atoms with Crippen LogP contribution in [0.15, 0.2) is 28.9 Å². The van der Waals surface area contributed by atoms with Crippen LogP contribution >= 0.6 is 0 Å². The van der Waals surface area contributed by atoms with Crippen LogP contribution in [0.4, 0.5) is 0 Å². The number of aryl methyl sites for hydroxylation is 1. The van der Waals surface area contributed by atoms with Gasteiger partial charge >= 0.3 is 0 Å². The molecule has 3 heterocycles. The third-order valence-electron chi connectivity index (χ3n) is 5.20. The monoisotopic (exact) mass is 299 g/mol. The summed E-state index contributed by atoms with van der Waals surface area (Å²) in [6.45, 7) is 4.45. The summed E-state index contributed by atoms with van der Waals surface area (Å²) in [6.07, 6.45) is 6.87. The summed E-state index contributed by atoms with van der Waals surface area (Å²) in [5, 5.41) is 4.71. The number of nitrogens with zero attached hydrogens (tertiary/aromatic N) is 3. The van der Waals surface area contributed by atoms with Gasteiger partial charge in [0.2, 0.25) is 0 Å². The second-order valence-corrected chi connectivity index (χ2v) is 7.09. The van der Waals surface area contributed by atoms with Crippen LogP contribution < -0.4 is 0 Å². The van der Waals surface area contributed by atoms with Gasteiger partial charge in [-0.3, -0.25) is 9.58 Å². The minimum absolute atomic E-state index is 0.401. The van der Waals surface area contributed by atoms with Gasteiger partial charge in [0.15, 0.2) is 0 Å². The Labute approximate surface area is 132 Å². The molecule has 0 N–H and O–H groups in total. The average Bonchev–Trinajstić information content (AvgIpc) is 3.08. The van der Waals surface area contributed by atoms with Gasteiger partial charge in [0.25, 0.3) is 0 Å². The van der Waals surface area contributed by atoms with Crippen LogP contribution in [0, 0.1) is 5.92 Å². The molecule has 1 saturated heterocycles. The van der Waals surface area contributed by atoms with Gasteiger partial charge in [-0.25, -0.2) is 0 Å². The number of hydrogen-bond acceptors (Lipinski definition) is 3. The Morgan fingerprint density at radius 3 is 2.91 bits per heavy atom. The largest absolute Gasteiger partial charge is 0.468 e. The molecule has 1 saturated carbocycles. The van der Waals surface area contributed by atoms with Crippen molar-refractivity contribution in [2.45, 2.75) is 51.1 Å². The zero-order valence-corrected chi connectivity index (χ0v) is 13.5. The first-order valence-corrected chi connectivity index (χ1v) is 8.51. The van der Waals surface area contributed by atoms with E-state index in [2.05, 4.69) is 35.7 Å². The average molecular weight is 299 g/mol. The molecule has 4 nitrogen and oxygen atoms in total. The number of rotatable bonds is 4. The van der Waals surface area contributed by atoms with E-state index in [-0.39, 0.29) is 0 Å². The molecular formula is C18H25N3O. The lowest BCUT2D eigenvalue weighted by molar-refractivity contribution is 0.0920. The highest BCUT2D eigenvalue weighted by atomic mass is 16.3. The first-order chi connectivity index (χ1) is 10.7. The van der Waals surface area contributed by atoms with Crippen molar-refractivity contribution in [1.29, 1.82) is 0 Å². The maximum atomic E-state index is 5.71. The predicted octanol–water partition coefficient (Wildman–Crippen LogP) is 3.86. The molecule has 22 heavy (non-hydrogen) atoms. The fraction of sp³-hybridized carbons (Fsp3) is 0.611. The molecule has 0 amide bonds. The van der Waals surface area contributed by atoms with E-state index in [0.717, 1.165) is 30.7 Å². The SMILES string of the molecule is C[C@@H]1CCN(Cc2cc(C3CC3)nn2C)[C@@H](c2ccco2)C1. The summed E-state index contributed by atoms with van der Waals surface area (Å²) >= 11 is 0. The second-order valence-electron chi connectivity index (χ2n) is 7.09. The van der Waals surface area contributed by atoms with Crippen LogP contribution in [-0.2, 0) is 13.6 Å². The Morgan fingerprint density at radius 2 is 2.18 bits per heavy atom. The smallest absolute Gasteiger partial charge is 0.120 e. The van der Waals surface area contributed by atoms with Gasteiger partial charge in [0, 0.05) is 19.5 Å². The zero-order chi connectivity index (χ0) is 15.1. The third-order valence-corrected chi connectivity index (χ3v) is 5.20. The van der Waals surface area contributed by atoms with E-state index in [1.54, 1.807) is 6.26 Å². The van der Waals surface area contributed by atoms with Crippen LogP contribution in [0.3, 0.4) is 0 Å². The van der Waals surface area contributed by atoms with Crippen LogP contribution in [0.1, 0.15) is 61.7 Å². The van der Waals surface area contributed by atoms with E-state index in [1.165, 1.54) is 37.1 Å². The summed E-state index contributed by atoms with van der Waals surface area (Å²) in [4.78, 5) is 2.56. The van der Waals surface area contributed by atoms with Gasteiger partial charge < -0.3 is 4.42 Å². The lowest BCUT2D eigenvalue weighted by Crippen LogP contribution is -2.36. The molecule has 4 rings (SSSR count). The zero-order valence-electron chi connectivity index (χ0n) is 13.5. The lowest BCUT2D eigenvalue weighted by atomic mass is 9.91. The Balaban J connectivity index is 1.54. The maximum absolute atomic E-state index is 5.71. The highest BCUT2D eigenvalue weighted by Gasteiger charge is 2.31. The molecule has 1 aliphatic carbocycles. The normalized spacial score (nSPS) is 26.5. The molecule has 2 aliphatic rings. The number of piperidine rings is 1. The topological polar surface area (TPSA) is 34.2 Å². The Kier molecular flexibility index (Phi) is 3.57. The summed E-state index contributed by atoms with van der Waals surface area (Å²) < 4.78 is 7.78. The Bertz CT molecular complexity index is 627. The van der Waals surface area contributed by atoms with Crippen molar-refractivity contribution in [1.82, 2.24) is 14.7 Å². The fourth-order valence-electron chi connectivity index (χ4n) is 3.62. The van der Waals surface area contributed by atoms with Crippen molar-refractivity contribution >= 4 is 0 Å². The predicted molar refractivity (Wildman–Crippen MR) is 85.4 cm³/mol. The van der Waals surface area contributed by atoms with E-state index in [0.29, 0.717) is 6.04 Å². The fourth-order valence-corrected chi connectivity index (χ4v) is 3.62. The second kappa shape index (κ2) is 5.58. The molecule has 0 bridgehead atoms. The van der Waals surface area contributed by atoms with Crippen molar-refractivity contribution < 1.29 is 4.42 Å². The highest BCUT2D eigenvalue weighted by Crippen LogP contribution is 2.40. The Morgan fingerprint density at radius 1 is 1.32 bits per heavy atom. The Hall–Kier alpha value is -1.55. The minimum atomic E-state index is 0.401. The summed E-state index contributed by atoms with van der Waals surface area (Å²) in [5.74, 6) is 2.60. The molecular weight excluding hydrogens is 274 g/mol. The lowest BCUT2D eigenvalue weighted by Gasteiger charge is -2.37. The van der Waals surface area contributed by atoms with E-state index in [9.17, 15) is 0 Å². The van der Waals surface area contributed by atoms with Gasteiger partial charge in [0.1, 0.15) is 5.76 Å². The molecule has 0 aromatic carbocycles. The molecule has 0 radical (unpaired) electrons. The van der Waals surface area contributed by atoms with Crippen molar-refractivity contribution in [3.8, 4) is 0 Å². The quantitative estimate of drug-likeness (QED) is 0.859. The van der Waals surface area contributed by atoms with Crippen molar-refractivity contribution in [3.05, 3.63) is 41.6 Å². The van der Waals surface area contributed by atoms with Crippen LogP contribution in [0.5, 0.6) is 0 Å². The number of furan rings is 1. The van der Waals surface area contributed by atoms with Crippen molar-refractivity contribution in [2.24, 2.45) is 13.0 Å². The van der Waals surface area contributed by atoms with Crippen molar-refractivity contribution in [3.63, 3.8) is 0 Å². The van der Waals surface area contributed by atoms with E-state index >= 15 is 0 Å². The highest BCUT2D eigenvalue weighted by molar-refractivity contribution is 5.19. The summed E-state index contributed by atoms with van der Waals surface area (Å²) in [5.41, 5.74) is 2.62. The number of likely N-dealkylation sites (tertiary alicyclic amines) is 1. The summed E-state index contributed by atoms with van der Waals surface area (Å²) in [6, 6.07) is 6.84. The van der Waals surface area contributed by atoms with Gasteiger partial charge in [-0.2, -0.15) is 5.10 Å². The minimum Gasteiger partial charge on any atom is -0.468 e. The number of aromatic nitrogens is 2. The molecule has 0 spiro atoms. The van der Waals surface area contributed by atoms with E-state index < -0.39 is 0 Å². The molecule has 2 aromatic heterocycles. The molecule has 2 atom stereocenters. The molecule has 1 aliphatic heterocycles. The standard InChI is InChI=1S/C18H25N3O/c1-13-7-8-21(17(10-13)18-4-3-9-22-18)12-15-11-16(14-5-6-14)19-20(15)2/h3-4,9,11,13-14,17H,5-8,10,12H2,1-2H3/t13-,17-/m1/s1. The van der Waals surface area contributed by atoms with Crippen LogP contribution in [0.25, 0.3) is 0 Å².